The highest BCUT2D eigenvalue weighted by Crippen LogP contribution is 2.37. The van der Waals surface area contributed by atoms with Gasteiger partial charge in [-0.05, 0) is 6.08 Å². The molecule has 2 aliphatic heterocycles. The SMILES string of the molecule is CO/N=C(\C(=O)N[C@@H]1C(=O)N2C(C(=O)O)=CCS[C@H]12)c1csc(N)n1.Cl. The van der Waals surface area contributed by atoms with Crippen molar-refractivity contribution in [1.29, 1.82) is 0 Å². The predicted octanol–water partition coefficient (Wildman–Crippen LogP) is -0.134. The highest BCUT2D eigenvalue weighted by Gasteiger charge is 2.53. The number of thioether (sulfide) groups is 1. The minimum absolute atomic E-state index is 0. The van der Waals surface area contributed by atoms with Crippen LogP contribution in [0, 0.1) is 0 Å². The fraction of sp³-hybridized carbons (Fsp3) is 0.308. The fourth-order valence-corrected chi connectivity index (χ4v) is 4.18. The fourth-order valence-electron chi connectivity index (χ4n) is 2.44. The van der Waals surface area contributed by atoms with E-state index in [-0.39, 0.29) is 34.6 Å². The molecule has 1 fully saturated rings. The van der Waals surface area contributed by atoms with E-state index in [9.17, 15) is 14.4 Å². The van der Waals surface area contributed by atoms with Crippen LogP contribution < -0.4 is 11.1 Å². The quantitative estimate of drug-likeness (QED) is 0.339. The highest BCUT2D eigenvalue weighted by atomic mass is 35.5. The number of hydrogen-bond donors (Lipinski definition) is 3. The lowest BCUT2D eigenvalue weighted by Crippen LogP contribution is -2.70. The normalized spacial score (nSPS) is 21.7. The molecule has 10 nitrogen and oxygen atoms in total. The Bertz CT molecular complexity index is 811. The van der Waals surface area contributed by atoms with E-state index in [0.717, 1.165) is 16.2 Å². The number of hydrogen-bond acceptors (Lipinski definition) is 9. The van der Waals surface area contributed by atoms with Crippen molar-refractivity contribution in [2.45, 2.75) is 11.4 Å². The smallest absolute Gasteiger partial charge is 0.352 e. The molecule has 2 amide bonds. The van der Waals surface area contributed by atoms with E-state index in [0.29, 0.717) is 5.75 Å². The summed E-state index contributed by atoms with van der Waals surface area (Å²) < 4.78 is 0. The first-order valence-corrected chi connectivity index (χ1v) is 8.88. The molecule has 0 aromatic carbocycles. The van der Waals surface area contributed by atoms with Gasteiger partial charge >= 0.3 is 5.97 Å². The first kappa shape index (κ1) is 20.0. The lowest BCUT2D eigenvalue weighted by atomic mass is 10.0. The molecule has 0 aliphatic carbocycles. The lowest BCUT2D eigenvalue weighted by molar-refractivity contribution is -0.150. The Balaban J connectivity index is 0.00000243. The summed E-state index contributed by atoms with van der Waals surface area (Å²) in [4.78, 5) is 45.7. The van der Waals surface area contributed by atoms with Gasteiger partial charge in [0.25, 0.3) is 11.8 Å². The summed E-state index contributed by atoms with van der Waals surface area (Å²) in [6.07, 6.45) is 1.47. The van der Waals surface area contributed by atoms with E-state index in [2.05, 4.69) is 20.3 Å². The van der Waals surface area contributed by atoms with Crippen LogP contribution in [0.1, 0.15) is 5.69 Å². The summed E-state index contributed by atoms with van der Waals surface area (Å²) in [6.45, 7) is 0. The number of β-lactam (4-membered cyclic amide) rings is 1. The minimum atomic E-state index is -1.18. The molecular weight excluding hydrogens is 406 g/mol. The number of carboxylic acid groups (broad SMARTS) is 1. The largest absolute Gasteiger partial charge is 0.477 e. The summed E-state index contributed by atoms with van der Waals surface area (Å²) in [5.41, 5.74) is 5.60. The monoisotopic (exact) mass is 419 g/mol. The number of carbonyl (C=O) groups is 3. The number of aromatic nitrogens is 1. The third-order valence-electron chi connectivity index (χ3n) is 3.51. The van der Waals surface area contributed by atoms with Crippen LogP contribution in [0.3, 0.4) is 0 Å². The van der Waals surface area contributed by atoms with Gasteiger partial charge in [0.15, 0.2) is 10.8 Å². The Morgan fingerprint density at radius 1 is 1.54 bits per heavy atom. The number of fused-ring (bicyclic) bond motifs is 1. The molecule has 2 atom stereocenters. The second-order valence-corrected chi connectivity index (χ2v) is 7.01. The van der Waals surface area contributed by atoms with Gasteiger partial charge in [0.2, 0.25) is 0 Å². The van der Waals surface area contributed by atoms with Gasteiger partial charge in [0, 0.05) is 11.1 Å². The van der Waals surface area contributed by atoms with Crippen molar-refractivity contribution in [2.24, 2.45) is 5.16 Å². The van der Waals surface area contributed by atoms with Gasteiger partial charge in [0.05, 0.1) is 0 Å². The van der Waals surface area contributed by atoms with Crippen molar-refractivity contribution in [3.8, 4) is 0 Å². The second kappa shape index (κ2) is 7.93. The summed E-state index contributed by atoms with van der Waals surface area (Å²) in [5, 5.41) is 16.7. The zero-order valence-corrected chi connectivity index (χ0v) is 15.7. The molecule has 0 unspecified atom stereocenters. The lowest BCUT2D eigenvalue weighted by Gasteiger charge is -2.48. The molecule has 0 saturated carbocycles. The van der Waals surface area contributed by atoms with Gasteiger partial charge in [0.1, 0.15) is 29.9 Å². The molecule has 3 rings (SSSR count). The van der Waals surface area contributed by atoms with Crippen molar-refractivity contribution < 1.29 is 24.3 Å². The van der Waals surface area contributed by atoms with Crippen molar-refractivity contribution >= 4 is 64.1 Å². The Kier molecular flexibility index (Phi) is 6.10. The van der Waals surface area contributed by atoms with Crippen LogP contribution in [-0.4, -0.2) is 62.8 Å². The zero-order valence-electron chi connectivity index (χ0n) is 13.2. The number of nitrogen functional groups attached to an aromatic ring is 1. The number of aliphatic carboxylic acids is 1. The van der Waals surface area contributed by atoms with Gasteiger partial charge in [-0.25, -0.2) is 9.78 Å². The maximum absolute atomic E-state index is 12.5. The molecule has 1 saturated heterocycles. The Morgan fingerprint density at radius 2 is 2.27 bits per heavy atom. The number of rotatable bonds is 5. The van der Waals surface area contributed by atoms with E-state index in [1.54, 1.807) is 5.38 Å². The maximum Gasteiger partial charge on any atom is 0.352 e. The molecule has 0 spiro atoms. The van der Waals surface area contributed by atoms with Gasteiger partial charge in [-0.15, -0.1) is 35.5 Å². The van der Waals surface area contributed by atoms with E-state index < -0.39 is 29.2 Å². The molecule has 0 bridgehead atoms. The molecule has 140 valence electrons. The Morgan fingerprint density at radius 3 is 2.85 bits per heavy atom. The van der Waals surface area contributed by atoms with Crippen LogP contribution in [0.15, 0.2) is 22.3 Å². The molecule has 1 aromatic rings. The first-order valence-electron chi connectivity index (χ1n) is 6.95. The maximum atomic E-state index is 12.5. The van der Waals surface area contributed by atoms with Crippen molar-refractivity contribution in [1.82, 2.24) is 15.2 Å². The van der Waals surface area contributed by atoms with Gasteiger partial charge in [-0.2, -0.15) is 0 Å². The number of nitrogens with zero attached hydrogens (tertiary/aromatic N) is 3. The number of oxime groups is 1. The number of anilines is 1. The average Bonchev–Trinajstić information content (AvgIpc) is 3.02. The molecule has 1 aromatic heterocycles. The van der Waals surface area contributed by atoms with Crippen molar-refractivity contribution in [2.75, 3.05) is 18.6 Å². The van der Waals surface area contributed by atoms with Gasteiger partial charge < -0.3 is 21.0 Å². The highest BCUT2D eigenvalue weighted by molar-refractivity contribution is 8.00. The summed E-state index contributed by atoms with van der Waals surface area (Å²) >= 11 is 2.49. The number of nitrogens with two attached hydrogens (primary N) is 1. The number of amides is 2. The van der Waals surface area contributed by atoms with Crippen LogP contribution in [0.25, 0.3) is 0 Å². The number of halogens is 1. The van der Waals surface area contributed by atoms with Crippen LogP contribution in [0.4, 0.5) is 5.13 Å². The molecule has 26 heavy (non-hydrogen) atoms. The Hall–Kier alpha value is -2.31. The third kappa shape index (κ3) is 3.48. The topological polar surface area (TPSA) is 147 Å². The Labute approximate surface area is 161 Å². The second-order valence-electron chi connectivity index (χ2n) is 4.97. The van der Waals surface area contributed by atoms with E-state index >= 15 is 0 Å². The number of carboxylic acids is 1. The summed E-state index contributed by atoms with van der Waals surface area (Å²) in [7, 11) is 1.28. The van der Waals surface area contributed by atoms with Gasteiger partial charge in [-0.1, -0.05) is 5.16 Å². The molecule has 2 aliphatic rings. The summed E-state index contributed by atoms with van der Waals surface area (Å²) in [6, 6.07) is -0.849. The van der Waals surface area contributed by atoms with Crippen LogP contribution >= 0.6 is 35.5 Å². The minimum Gasteiger partial charge on any atom is -0.477 e. The van der Waals surface area contributed by atoms with Gasteiger partial charge in [-0.3, -0.25) is 14.5 Å². The van der Waals surface area contributed by atoms with Crippen LogP contribution in [0.5, 0.6) is 0 Å². The third-order valence-corrected chi connectivity index (χ3v) is 5.37. The van der Waals surface area contributed by atoms with Crippen molar-refractivity contribution in [3.05, 3.63) is 22.8 Å². The van der Waals surface area contributed by atoms with Crippen molar-refractivity contribution in [3.63, 3.8) is 0 Å². The predicted molar refractivity (Wildman–Crippen MR) is 98.1 cm³/mol. The molecular formula is C13H14ClN5O5S2. The standard InChI is InChI=1S/C13H13N5O5S2.ClH/c1-23-17-7(5-4-25-13(14)15-5)9(19)16-8-10(20)18-6(12(21)22)2-3-24-11(8)18;/h2,4,8,11H,3H2,1H3,(H2,14,15)(H,16,19)(H,21,22);1H/b17-7-;/t8-,11-;/m1./s1. The number of carbonyl (C=O) groups excluding carboxylic acids is 2. The summed E-state index contributed by atoms with van der Waals surface area (Å²) in [5.74, 6) is -1.89. The average molecular weight is 420 g/mol. The molecule has 4 N–H and O–H groups in total. The van der Waals surface area contributed by atoms with E-state index in [4.69, 9.17) is 10.8 Å². The zero-order chi connectivity index (χ0) is 18.1. The molecule has 3 heterocycles. The van der Waals surface area contributed by atoms with Crippen LogP contribution in [-0.2, 0) is 19.2 Å². The van der Waals surface area contributed by atoms with E-state index in [1.165, 1.54) is 24.9 Å². The van der Waals surface area contributed by atoms with E-state index in [1.807, 2.05) is 0 Å². The number of nitrogens with one attached hydrogen (secondary N) is 1. The number of thiazole rings is 1. The molecule has 13 heteroatoms. The van der Waals surface area contributed by atoms with Crippen LogP contribution in [0.2, 0.25) is 0 Å². The molecule has 0 radical (unpaired) electrons. The first-order chi connectivity index (χ1) is 11.9.